The van der Waals surface area contributed by atoms with Gasteiger partial charge in [-0.25, -0.2) is 4.98 Å². The molecule has 0 aliphatic carbocycles. The molecule has 1 amide bonds. The van der Waals surface area contributed by atoms with Crippen molar-refractivity contribution in [1.82, 2.24) is 9.88 Å². The molecule has 1 unspecified atom stereocenters. The third-order valence-electron chi connectivity index (χ3n) is 3.33. The largest absolute Gasteiger partial charge is 0.339 e. The van der Waals surface area contributed by atoms with Crippen molar-refractivity contribution in [1.29, 1.82) is 0 Å². The molecule has 3 nitrogen and oxygen atoms in total. The third-order valence-corrected chi connectivity index (χ3v) is 4.40. The molecule has 0 aliphatic rings. The second-order valence-corrected chi connectivity index (χ2v) is 6.27. The molecule has 2 rings (SSSR count). The minimum atomic E-state index is 0.0134. The van der Waals surface area contributed by atoms with Crippen LogP contribution in [0.25, 0.3) is 0 Å². The van der Waals surface area contributed by atoms with E-state index in [4.69, 9.17) is 11.6 Å². The van der Waals surface area contributed by atoms with E-state index in [9.17, 15) is 4.79 Å². The molecule has 0 radical (unpaired) electrons. The van der Waals surface area contributed by atoms with Crippen molar-refractivity contribution in [2.45, 2.75) is 26.3 Å². The number of hydrogen-bond donors (Lipinski definition) is 0. The Labute approximate surface area is 128 Å². The van der Waals surface area contributed by atoms with Gasteiger partial charge in [0.15, 0.2) is 0 Å². The molecule has 106 valence electrons. The maximum absolute atomic E-state index is 12.3. The van der Waals surface area contributed by atoms with Gasteiger partial charge in [0.1, 0.15) is 0 Å². The van der Waals surface area contributed by atoms with E-state index in [1.54, 1.807) is 16.2 Å². The number of nitrogens with zero attached hydrogens (tertiary/aromatic N) is 2. The Bertz CT molecular complexity index is 594. The van der Waals surface area contributed by atoms with E-state index >= 15 is 0 Å². The Morgan fingerprint density at radius 2 is 2.05 bits per heavy atom. The fourth-order valence-corrected chi connectivity index (χ4v) is 2.69. The molecule has 1 heterocycles. The lowest BCUT2D eigenvalue weighted by Crippen LogP contribution is -2.31. The van der Waals surface area contributed by atoms with Gasteiger partial charge in [-0.2, -0.15) is 0 Å². The standard InChI is InChI=1S/C15H17ClN2OS/c1-10(12-4-6-13(16)7-5-12)18(3)15(19)8-14-9-20-11(2)17-14/h4-7,9-10H,8H2,1-3H3. The average molecular weight is 309 g/mol. The molecule has 0 fully saturated rings. The Morgan fingerprint density at radius 1 is 1.40 bits per heavy atom. The van der Waals surface area contributed by atoms with E-state index in [-0.39, 0.29) is 11.9 Å². The van der Waals surface area contributed by atoms with Gasteiger partial charge in [0.25, 0.3) is 0 Å². The van der Waals surface area contributed by atoms with Crippen LogP contribution in [-0.4, -0.2) is 22.8 Å². The third kappa shape index (κ3) is 3.58. The van der Waals surface area contributed by atoms with E-state index in [1.807, 2.05) is 50.5 Å². The maximum atomic E-state index is 12.3. The maximum Gasteiger partial charge on any atom is 0.228 e. The first-order valence-electron chi connectivity index (χ1n) is 6.39. The summed E-state index contributed by atoms with van der Waals surface area (Å²) < 4.78 is 0. The topological polar surface area (TPSA) is 33.2 Å². The number of carbonyl (C=O) groups excluding carboxylic acids is 1. The highest BCUT2D eigenvalue weighted by molar-refractivity contribution is 7.09. The summed E-state index contributed by atoms with van der Waals surface area (Å²) in [5, 5.41) is 3.63. The van der Waals surface area contributed by atoms with E-state index in [2.05, 4.69) is 4.98 Å². The Hall–Kier alpha value is -1.39. The molecule has 0 aliphatic heterocycles. The molecule has 2 aromatic rings. The van der Waals surface area contributed by atoms with Crippen LogP contribution in [0.4, 0.5) is 0 Å². The number of amides is 1. The van der Waals surface area contributed by atoms with Gasteiger partial charge in [-0.3, -0.25) is 4.79 Å². The summed E-state index contributed by atoms with van der Waals surface area (Å²) in [4.78, 5) is 18.3. The number of halogens is 1. The highest BCUT2D eigenvalue weighted by atomic mass is 35.5. The van der Waals surface area contributed by atoms with Crippen LogP contribution in [0.5, 0.6) is 0 Å². The van der Waals surface area contributed by atoms with E-state index in [0.29, 0.717) is 11.4 Å². The average Bonchev–Trinajstić information content (AvgIpc) is 2.83. The predicted octanol–water partition coefficient (Wildman–Crippen LogP) is 3.87. The SMILES string of the molecule is Cc1nc(CC(=O)N(C)C(C)c2ccc(Cl)cc2)cs1. The summed E-state index contributed by atoms with van der Waals surface area (Å²) >= 11 is 7.45. The van der Waals surface area contributed by atoms with Crippen LogP contribution in [-0.2, 0) is 11.2 Å². The minimum absolute atomic E-state index is 0.0134. The van der Waals surface area contributed by atoms with Crippen LogP contribution in [0.1, 0.15) is 29.2 Å². The lowest BCUT2D eigenvalue weighted by Gasteiger charge is -2.25. The number of carbonyl (C=O) groups is 1. The van der Waals surface area contributed by atoms with Crippen molar-refractivity contribution in [2.24, 2.45) is 0 Å². The molecule has 1 aromatic carbocycles. The van der Waals surface area contributed by atoms with Gasteiger partial charge in [-0.15, -0.1) is 11.3 Å². The zero-order valence-corrected chi connectivity index (χ0v) is 13.3. The number of aryl methyl sites for hydroxylation is 1. The summed E-state index contributed by atoms with van der Waals surface area (Å²) in [5.41, 5.74) is 1.91. The van der Waals surface area contributed by atoms with Crippen LogP contribution < -0.4 is 0 Å². The van der Waals surface area contributed by atoms with Gasteiger partial charge in [-0.05, 0) is 31.5 Å². The predicted molar refractivity (Wildman–Crippen MR) is 83.2 cm³/mol. The lowest BCUT2D eigenvalue weighted by atomic mass is 10.1. The van der Waals surface area contributed by atoms with Crippen molar-refractivity contribution in [3.63, 3.8) is 0 Å². The number of thiazole rings is 1. The number of aromatic nitrogens is 1. The van der Waals surface area contributed by atoms with Crippen molar-refractivity contribution in [3.05, 3.63) is 50.9 Å². The number of likely N-dealkylation sites (N-methyl/N-ethyl adjacent to an activating group) is 1. The normalized spacial score (nSPS) is 12.2. The molecule has 0 N–H and O–H groups in total. The van der Waals surface area contributed by atoms with Crippen LogP contribution in [0.3, 0.4) is 0 Å². The first kappa shape index (κ1) is 15.0. The van der Waals surface area contributed by atoms with Crippen LogP contribution in [0.2, 0.25) is 5.02 Å². The van der Waals surface area contributed by atoms with Crippen molar-refractivity contribution < 1.29 is 4.79 Å². The summed E-state index contributed by atoms with van der Waals surface area (Å²) in [6.07, 6.45) is 0.346. The zero-order valence-electron chi connectivity index (χ0n) is 11.8. The van der Waals surface area contributed by atoms with Gasteiger partial charge in [0, 0.05) is 17.5 Å². The summed E-state index contributed by atoms with van der Waals surface area (Å²) in [6.45, 7) is 3.95. The molecule has 0 saturated carbocycles. The quantitative estimate of drug-likeness (QED) is 0.859. The van der Waals surface area contributed by atoms with E-state index in [1.165, 1.54) is 0 Å². The number of rotatable bonds is 4. The highest BCUT2D eigenvalue weighted by Crippen LogP contribution is 2.21. The zero-order chi connectivity index (χ0) is 14.7. The van der Waals surface area contributed by atoms with Gasteiger partial charge in [0.05, 0.1) is 23.2 Å². The minimum Gasteiger partial charge on any atom is -0.339 e. The molecular weight excluding hydrogens is 292 g/mol. The molecular formula is C15H17ClN2OS. The van der Waals surface area contributed by atoms with Gasteiger partial charge < -0.3 is 4.90 Å². The summed E-state index contributed by atoms with van der Waals surface area (Å²) in [5.74, 6) is 0.0674. The molecule has 1 atom stereocenters. The first-order valence-corrected chi connectivity index (χ1v) is 7.65. The first-order chi connectivity index (χ1) is 9.47. The molecule has 1 aromatic heterocycles. The summed E-state index contributed by atoms with van der Waals surface area (Å²) in [6, 6.07) is 7.60. The molecule has 20 heavy (non-hydrogen) atoms. The highest BCUT2D eigenvalue weighted by Gasteiger charge is 2.18. The fourth-order valence-electron chi connectivity index (χ4n) is 1.95. The van der Waals surface area contributed by atoms with Crippen LogP contribution >= 0.6 is 22.9 Å². The second kappa shape index (κ2) is 6.37. The Balaban J connectivity index is 2.04. The van der Waals surface area contributed by atoms with Crippen molar-refractivity contribution >= 4 is 28.8 Å². The van der Waals surface area contributed by atoms with Gasteiger partial charge in [0.2, 0.25) is 5.91 Å². The van der Waals surface area contributed by atoms with Crippen LogP contribution in [0.15, 0.2) is 29.6 Å². The summed E-state index contributed by atoms with van der Waals surface area (Å²) in [7, 11) is 1.82. The van der Waals surface area contributed by atoms with Gasteiger partial charge in [-0.1, -0.05) is 23.7 Å². The van der Waals surface area contributed by atoms with Gasteiger partial charge >= 0.3 is 0 Å². The van der Waals surface area contributed by atoms with Crippen molar-refractivity contribution in [2.75, 3.05) is 7.05 Å². The fraction of sp³-hybridized carbons (Fsp3) is 0.333. The number of benzene rings is 1. The molecule has 5 heteroatoms. The van der Waals surface area contributed by atoms with E-state index < -0.39 is 0 Å². The molecule has 0 bridgehead atoms. The Morgan fingerprint density at radius 3 is 2.60 bits per heavy atom. The second-order valence-electron chi connectivity index (χ2n) is 4.77. The number of hydrogen-bond acceptors (Lipinski definition) is 3. The Kier molecular flexibility index (Phi) is 4.78. The monoisotopic (exact) mass is 308 g/mol. The smallest absolute Gasteiger partial charge is 0.228 e. The van der Waals surface area contributed by atoms with Crippen LogP contribution in [0, 0.1) is 6.92 Å². The van der Waals surface area contributed by atoms with Crippen molar-refractivity contribution in [3.8, 4) is 0 Å². The van der Waals surface area contributed by atoms with E-state index in [0.717, 1.165) is 16.3 Å². The molecule has 0 spiro atoms. The lowest BCUT2D eigenvalue weighted by molar-refractivity contribution is -0.131. The molecule has 0 saturated heterocycles.